The van der Waals surface area contributed by atoms with E-state index in [0.29, 0.717) is 32.2 Å². The summed E-state index contributed by atoms with van der Waals surface area (Å²) in [5, 5.41) is 0. The second-order valence-electron chi connectivity index (χ2n) is 8.32. The number of halogens is 1. The van der Waals surface area contributed by atoms with Crippen molar-refractivity contribution in [1.29, 1.82) is 0 Å². The molecule has 2 fully saturated rings. The fraction of sp³-hybridized carbons (Fsp3) is 0.600. The topological polar surface area (TPSA) is 55.8 Å². The molecule has 26 heavy (non-hydrogen) atoms. The Hall–Kier alpha value is -1.95. The number of benzene rings is 1. The fourth-order valence-corrected chi connectivity index (χ4v) is 3.73. The van der Waals surface area contributed by atoms with E-state index in [1.54, 1.807) is 12.1 Å². The number of amides is 1. The molecule has 1 spiro atoms. The van der Waals surface area contributed by atoms with Gasteiger partial charge in [0.15, 0.2) is 0 Å². The zero-order valence-corrected chi connectivity index (χ0v) is 15.6. The van der Waals surface area contributed by atoms with Gasteiger partial charge in [0.25, 0.3) is 0 Å². The number of Topliss-reactive ketones (excluding diaryl/α,β-unsaturated/α-hetero) is 1. The lowest BCUT2D eigenvalue weighted by Gasteiger charge is -2.45. The monoisotopic (exact) mass is 363 g/mol. The number of carbonyl (C=O) groups is 2. The van der Waals surface area contributed by atoms with Crippen molar-refractivity contribution in [2.24, 2.45) is 0 Å². The van der Waals surface area contributed by atoms with Gasteiger partial charge in [-0.25, -0.2) is 9.18 Å². The third-order valence-corrected chi connectivity index (χ3v) is 4.97. The van der Waals surface area contributed by atoms with Gasteiger partial charge in [0.1, 0.15) is 23.9 Å². The summed E-state index contributed by atoms with van der Waals surface area (Å²) in [4.78, 5) is 26.0. The van der Waals surface area contributed by atoms with E-state index in [0.717, 1.165) is 5.56 Å². The number of hydrogen-bond acceptors (Lipinski definition) is 4. The summed E-state index contributed by atoms with van der Waals surface area (Å²) in [5.74, 6) is -0.117. The Morgan fingerprint density at radius 1 is 1.31 bits per heavy atom. The highest BCUT2D eigenvalue weighted by Crippen LogP contribution is 2.42. The van der Waals surface area contributed by atoms with Gasteiger partial charge >= 0.3 is 6.09 Å². The number of hydrogen-bond donors (Lipinski definition) is 0. The zero-order valence-electron chi connectivity index (χ0n) is 15.6. The Morgan fingerprint density at radius 2 is 2.00 bits per heavy atom. The molecule has 0 N–H and O–H groups in total. The summed E-state index contributed by atoms with van der Waals surface area (Å²) >= 11 is 0. The van der Waals surface area contributed by atoms with Gasteiger partial charge in [-0.05, 0) is 57.2 Å². The van der Waals surface area contributed by atoms with Gasteiger partial charge in [-0.3, -0.25) is 9.69 Å². The predicted octanol–water partition coefficient (Wildman–Crippen LogP) is 4.02. The molecule has 1 aromatic carbocycles. The smallest absolute Gasteiger partial charge is 0.412 e. The molecule has 142 valence electrons. The van der Waals surface area contributed by atoms with Crippen LogP contribution in [0.3, 0.4) is 0 Å². The Bertz CT molecular complexity index is 672. The first-order valence-corrected chi connectivity index (χ1v) is 9.05. The fourth-order valence-electron chi connectivity index (χ4n) is 3.73. The molecule has 0 radical (unpaired) electrons. The second kappa shape index (κ2) is 6.99. The highest BCUT2D eigenvalue weighted by molar-refractivity contribution is 5.81. The molecular weight excluding hydrogens is 337 g/mol. The van der Waals surface area contributed by atoms with Crippen molar-refractivity contribution < 1.29 is 23.5 Å². The minimum atomic E-state index is -0.555. The average Bonchev–Trinajstić information content (AvgIpc) is 2.53. The molecule has 1 amide bonds. The van der Waals surface area contributed by atoms with Crippen LogP contribution in [0.25, 0.3) is 0 Å². The quantitative estimate of drug-likeness (QED) is 0.756. The minimum absolute atomic E-state index is 0.0185. The first-order chi connectivity index (χ1) is 12.2. The van der Waals surface area contributed by atoms with E-state index < -0.39 is 17.3 Å². The minimum Gasteiger partial charge on any atom is -0.444 e. The second-order valence-corrected chi connectivity index (χ2v) is 8.32. The van der Waals surface area contributed by atoms with Crippen molar-refractivity contribution in [1.82, 2.24) is 4.90 Å². The molecule has 6 heteroatoms. The molecule has 2 atom stereocenters. The summed E-state index contributed by atoms with van der Waals surface area (Å²) < 4.78 is 24.6. The number of rotatable bonds is 1. The summed E-state index contributed by atoms with van der Waals surface area (Å²) in [6, 6.07) is 6.32. The van der Waals surface area contributed by atoms with Crippen LogP contribution in [0.4, 0.5) is 9.18 Å². The Balaban J connectivity index is 1.66. The van der Waals surface area contributed by atoms with Crippen LogP contribution in [0.5, 0.6) is 0 Å². The van der Waals surface area contributed by atoms with Crippen LogP contribution < -0.4 is 0 Å². The molecule has 1 aliphatic heterocycles. The van der Waals surface area contributed by atoms with Crippen LogP contribution in [0.15, 0.2) is 24.3 Å². The van der Waals surface area contributed by atoms with Gasteiger partial charge in [0, 0.05) is 19.4 Å². The van der Waals surface area contributed by atoms with E-state index in [1.165, 1.54) is 17.0 Å². The van der Waals surface area contributed by atoms with Crippen molar-refractivity contribution in [3.63, 3.8) is 0 Å². The van der Waals surface area contributed by atoms with Gasteiger partial charge in [-0.15, -0.1) is 0 Å². The van der Waals surface area contributed by atoms with Crippen LogP contribution >= 0.6 is 0 Å². The van der Waals surface area contributed by atoms with E-state index in [9.17, 15) is 14.0 Å². The molecule has 1 aromatic rings. The molecule has 1 aliphatic carbocycles. The van der Waals surface area contributed by atoms with E-state index in [1.807, 2.05) is 20.8 Å². The Labute approximate surface area is 153 Å². The van der Waals surface area contributed by atoms with Gasteiger partial charge < -0.3 is 9.47 Å². The molecule has 0 aromatic heterocycles. The summed E-state index contributed by atoms with van der Waals surface area (Å²) in [6.45, 7) is 6.09. The maximum Gasteiger partial charge on any atom is 0.412 e. The third-order valence-electron chi connectivity index (χ3n) is 4.97. The molecule has 1 heterocycles. The molecular formula is C20H26FNO4. The van der Waals surface area contributed by atoms with Crippen LogP contribution in [0.1, 0.15) is 57.9 Å². The Morgan fingerprint density at radius 3 is 2.58 bits per heavy atom. The number of ketones is 1. The third kappa shape index (κ3) is 4.41. The lowest BCUT2D eigenvalue weighted by atomic mass is 9.72. The average molecular weight is 363 g/mol. The van der Waals surface area contributed by atoms with E-state index in [2.05, 4.69) is 0 Å². The standard InChI is InChI=1S/C20H26FNO4/c1-19(2,3)26-18(24)22-9-8-20(25-13-22)11-15(10-17(23)12-20)14-4-6-16(21)7-5-14/h4-7,15H,8-13H2,1-3H3. The van der Waals surface area contributed by atoms with E-state index in [-0.39, 0.29) is 24.2 Å². The largest absolute Gasteiger partial charge is 0.444 e. The van der Waals surface area contributed by atoms with Crippen molar-refractivity contribution in [2.75, 3.05) is 13.3 Å². The molecule has 3 rings (SSSR count). The highest BCUT2D eigenvalue weighted by Gasteiger charge is 2.45. The van der Waals surface area contributed by atoms with Crippen molar-refractivity contribution in [3.8, 4) is 0 Å². The molecule has 2 unspecified atom stereocenters. The molecule has 0 bridgehead atoms. The maximum atomic E-state index is 13.2. The summed E-state index contributed by atoms with van der Waals surface area (Å²) in [5.41, 5.74) is -0.148. The van der Waals surface area contributed by atoms with E-state index in [4.69, 9.17) is 9.47 Å². The van der Waals surface area contributed by atoms with Crippen LogP contribution in [0, 0.1) is 5.82 Å². The first-order valence-electron chi connectivity index (χ1n) is 9.05. The number of nitrogens with zero attached hydrogens (tertiary/aromatic N) is 1. The Kier molecular flexibility index (Phi) is 5.06. The summed E-state index contributed by atoms with van der Waals surface area (Å²) in [6.07, 6.45) is 1.71. The number of ether oxygens (including phenoxy) is 2. The van der Waals surface area contributed by atoms with Crippen LogP contribution in [0.2, 0.25) is 0 Å². The molecule has 2 aliphatic rings. The predicted molar refractivity (Wildman–Crippen MR) is 94.2 cm³/mol. The van der Waals surface area contributed by atoms with E-state index >= 15 is 0 Å². The zero-order chi connectivity index (χ0) is 18.9. The van der Waals surface area contributed by atoms with Crippen LogP contribution in [-0.2, 0) is 14.3 Å². The SMILES string of the molecule is CC(C)(C)OC(=O)N1CCC2(CC(=O)CC(c3ccc(F)cc3)C2)OC1. The van der Waals surface area contributed by atoms with Gasteiger partial charge in [-0.2, -0.15) is 0 Å². The lowest BCUT2D eigenvalue weighted by molar-refractivity contribution is -0.161. The van der Waals surface area contributed by atoms with Crippen LogP contribution in [-0.4, -0.2) is 41.3 Å². The van der Waals surface area contributed by atoms with Gasteiger partial charge in [0.05, 0.1) is 5.60 Å². The normalized spacial score (nSPS) is 26.8. The first kappa shape index (κ1) is 18.8. The highest BCUT2D eigenvalue weighted by atomic mass is 19.1. The van der Waals surface area contributed by atoms with Crippen molar-refractivity contribution >= 4 is 11.9 Å². The van der Waals surface area contributed by atoms with Crippen molar-refractivity contribution in [2.45, 2.75) is 63.6 Å². The van der Waals surface area contributed by atoms with Gasteiger partial charge in [0.2, 0.25) is 0 Å². The molecule has 1 saturated carbocycles. The lowest BCUT2D eigenvalue weighted by Crippen LogP contribution is -2.52. The number of carbonyl (C=O) groups excluding carboxylic acids is 2. The maximum absolute atomic E-state index is 13.2. The van der Waals surface area contributed by atoms with Gasteiger partial charge in [-0.1, -0.05) is 12.1 Å². The van der Waals surface area contributed by atoms with Crippen molar-refractivity contribution in [3.05, 3.63) is 35.6 Å². The summed E-state index contributed by atoms with van der Waals surface area (Å²) in [7, 11) is 0. The molecule has 1 saturated heterocycles. The molecule has 5 nitrogen and oxygen atoms in total.